The van der Waals surface area contributed by atoms with Crippen molar-refractivity contribution < 1.29 is 0 Å². The maximum atomic E-state index is 5.83. The molecule has 1 nitrogen and oxygen atoms in total. The Morgan fingerprint density at radius 1 is 1.05 bits per heavy atom. The topological polar surface area (TPSA) is 3.24 Å². The van der Waals surface area contributed by atoms with E-state index in [1.807, 2.05) is 0 Å². The van der Waals surface area contributed by atoms with Gasteiger partial charge in [-0.2, -0.15) is 0 Å². The highest BCUT2D eigenvalue weighted by Crippen LogP contribution is 2.36. The molecule has 0 N–H and O–H groups in total. The van der Waals surface area contributed by atoms with Crippen LogP contribution in [0.3, 0.4) is 0 Å². The van der Waals surface area contributed by atoms with Crippen LogP contribution in [0.25, 0.3) is 0 Å². The lowest BCUT2D eigenvalue weighted by Gasteiger charge is -2.43. The zero-order valence-electron chi connectivity index (χ0n) is 13.0. The van der Waals surface area contributed by atoms with E-state index in [1.165, 1.54) is 62.9 Å². The quantitative estimate of drug-likeness (QED) is 0.530. The van der Waals surface area contributed by atoms with Crippen molar-refractivity contribution in [1.29, 1.82) is 0 Å². The first-order chi connectivity index (χ1) is 9.09. The van der Waals surface area contributed by atoms with Gasteiger partial charge in [0, 0.05) is 18.5 Å². The van der Waals surface area contributed by atoms with Gasteiger partial charge in [0.15, 0.2) is 0 Å². The summed E-state index contributed by atoms with van der Waals surface area (Å²) < 4.78 is 0. The van der Waals surface area contributed by atoms with E-state index < -0.39 is 0 Å². The van der Waals surface area contributed by atoms with Gasteiger partial charge in [-0.05, 0) is 39.0 Å². The van der Waals surface area contributed by atoms with Gasteiger partial charge in [0.2, 0.25) is 0 Å². The Bertz CT molecular complexity index is 303. The maximum Gasteiger partial charge on any atom is 0.105 e. The van der Waals surface area contributed by atoms with Gasteiger partial charge < -0.3 is 4.90 Å². The third-order valence-electron chi connectivity index (χ3n) is 5.27. The van der Waals surface area contributed by atoms with Gasteiger partial charge in [-0.3, -0.25) is 0 Å². The Hall–Kier alpha value is -0.0451. The monoisotopic (exact) mass is 279 g/mol. The molecule has 0 radical (unpaired) electrons. The zero-order valence-corrected chi connectivity index (χ0v) is 13.8. The van der Waals surface area contributed by atoms with Crippen molar-refractivity contribution in [2.45, 2.75) is 77.1 Å². The van der Waals surface area contributed by atoms with Crippen molar-refractivity contribution in [3.8, 4) is 0 Å². The molecule has 19 heavy (non-hydrogen) atoms. The molecule has 3 heteroatoms. The standard InChI is InChI=1S/C16H30BNS/c1-12(2)18-11-10-13-6-5-8-14(17)7-3-4-9-15(13)16(18)19/h12-15H,3-11,17H2,1-2H3. The highest BCUT2D eigenvalue weighted by molar-refractivity contribution is 7.80. The Morgan fingerprint density at radius 3 is 2.47 bits per heavy atom. The lowest BCUT2D eigenvalue weighted by Crippen LogP contribution is -2.47. The molecule has 0 aromatic heterocycles. The van der Waals surface area contributed by atoms with E-state index in [1.54, 1.807) is 0 Å². The molecule has 0 amide bonds. The molecule has 2 fully saturated rings. The predicted octanol–water partition coefficient (Wildman–Crippen LogP) is 3.83. The normalized spacial score (nSPS) is 34.2. The van der Waals surface area contributed by atoms with Crippen molar-refractivity contribution in [1.82, 2.24) is 4.90 Å². The summed E-state index contributed by atoms with van der Waals surface area (Å²) in [5.41, 5.74) is 0. The number of hydrogen-bond acceptors (Lipinski definition) is 1. The van der Waals surface area contributed by atoms with Crippen molar-refractivity contribution in [3.05, 3.63) is 0 Å². The minimum Gasteiger partial charge on any atom is -0.363 e. The number of likely N-dealkylation sites (tertiary alicyclic amines) is 1. The molecular weight excluding hydrogens is 249 g/mol. The Kier molecular flexibility index (Phi) is 5.74. The summed E-state index contributed by atoms with van der Waals surface area (Å²) >= 11 is 5.83. The average Bonchev–Trinajstić information content (AvgIpc) is 2.36. The molecule has 0 aromatic rings. The van der Waals surface area contributed by atoms with Gasteiger partial charge in [-0.25, -0.2) is 0 Å². The average molecular weight is 279 g/mol. The summed E-state index contributed by atoms with van der Waals surface area (Å²) in [7, 11) is 2.44. The van der Waals surface area contributed by atoms with Gasteiger partial charge in [0.25, 0.3) is 0 Å². The highest BCUT2D eigenvalue weighted by Gasteiger charge is 2.33. The predicted molar refractivity (Wildman–Crippen MR) is 90.7 cm³/mol. The molecule has 1 saturated carbocycles. The number of thiocarbonyl (C=S) groups is 1. The second kappa shape index (κ2) is 7.10. The van der Waals surface area contributed by atoms with Crippen molar-refractivity contribution in [3.63, 3.8) is 0 Å². The van der Waals surface area contributed by atoms with Crippen LogP contribution in [-0.4, -0.2) is 30.3 Å². The molecule has 2 aliphatic rings. The van der Waals surface area contributed by atoms with Crippen LogP contribution in [0.4, 0.5) is 0 Å². The minimum absolute atomic E-state index is 0.587. The molecule has 0 spiro atoms. The molecule has 1 saturated heterocycles. The first-order valence-electron chi connectivity index (χ1n) is 8.40. The van der Waals surface area contributed by atoms with Gasteiger partial charge in [-0.1, -0.05) is 50.1 Å². The number of rotatable bonds is 1. The molecule has 1 aliphatic carbocycles. The number of fused-ring (bicyclic) bond motifs is 1. The van der Waals surface area contributed by atoms with E-state index in [0.717, 1.165) is 11.7 Å². The zero-order chi connectivity index (χ0) is 13.8. The van der Waals surface area contributed by atoms with Gasteiger partial charge in [0.05, 0.1) is 4.99 Å². The summed E-state index contributed by atoms with van der Waals surface area (Å²) in [5, 5.41) is 0. The Labute approximate surface area is 125 Å². The highest BCUT2D eigenvalue weighted by atomic mass is 32.1. The van der Waals surface area contributed by atoms with Crippen LogP contribution in [0, 0.1) is 11.8 Å². The summed E-state index contributed by atoms with van der Waals surface area (Å²) in [6, 6.07) is 0.587. The Morgan fingerprint density at radius 2 is 1.74 bits per heavy atom. The fourth-order valence-electron chi connectivity index (χ4n) is 3.98. The second-order valence-corrected chi connectivity index (χ2v) is 7.52. The van der Waals surface area contributed by atoms with Crippen molar-refractivity contribution >= 4 is 25.1 Å². The molecule has 3 atom stereocenters. The molecular formula is C16H30BNS. The first kappa shape index (κ1) is 15.3. The molecule has 0 bridgehead atoms. The lowest BCUT2D eigenvalue weighted by atomic mass is 9.73. The van der Waals surface area contributed by atoms with Crippen molar-refractivity contribution in [2.24, 2.45) is 11.8 Å². The van der Waals surface area contributed by atoms with E-state index in [9.17, 15) is 0 Å². The fourth-order valence-corrected chi connectivity index (χ4v) is 4.59. The van der Waals surface area contributed by atoms with E-state index >= 15 is 0 Å². The molecule has 108 valence electrons. The van der Waals surface area contributed by atoms with E-state index in [0.29, 0.717) is 12.0 Å². The number of piperidine rings is 1. The first-order valence-corrected chi connectivity index (χ1v) is 8.81. The van der Waals surface area contributed by atoms with E-state index in [-0.39, 0.29) is 0 Å². The van der Waals surface area contributed by atoms with Crippen molar-refractivity contribution in [2.75, 3.05) is 6.54 Å². The van der Waals surface area contributed by atoms with E-state index in [2.05, 4.69) is 26.6 Å². The van der Waals surface area contributed by atoms with Crippen LogP contribution in [0.15, 0.2) is 0 Å². The van der Waals surface area contributed by atoms with Crippen LogP contribution < -0.4 is 0 Å². The van der Waals surface area contributed by atoms with Gasteiger partial charge >= 0.3 is 0 Å². The summed E-state index contributed by atoms with van der Waals surface area (Å²) in [4.78, 5) is 3.78. The minimum atomic E-state index is 0.587. The Balaban J connectivity index is 2.01. The molecule has 3 unspecified atom stereocenters. The molecule has 1 aliphatic heterocycles. The molecule has 2 rings (SSSR count). The van der Waals surface area contributed by atoms with E-state index in [4.69, 9.17) is 12.2 Å². The van der Waals surface area contributed by atoms with Crippen LogP contribution >= 0.6 is 12.2 Å². The third-order valence-corrected chi connectivity index (χ3v) is 5.80. The molecule has 1 heterocycles. The summed E-state index contributed by atoms with van der Waals surface area (Å²) in [5.74, 6) is 2.53. The smallest absolute Gasteiger partial charge is 0.105 e. The SMILES string of the molecule is BC1CCCCC2C(=S)N(C(C)C)CCC2CCC1. The van der Waals surface area contributed by atoms with Gasteiger partial charge in [0.1, 0.15) is 7.85 Å². The lowest BCUT2D eigenvalue weighted by molar-refractivity contribution is 0.208. The van der Waals surface area contributed by atoms with Crippen LogP contribution in [0.5, 0.6) is 0 Å². The van der Waals surface area contributed by atoms with Crippen LogP contribution in [0.2, 0.25) is 5.82 Å². The molecule has 0 aromatic carbocycles. The van der Waals surface area contributed by atoms with Crippen LogP contribution in [-0.2, 0) is 0 Å². The maximum absolute atomic E-state index is 5.83. The largest absolute Gasteiger partial charge is 0.363 e. The third kappa shape index (κ3) is 3.96. The van der Waals surface area contributed by atoms with Gasteiger partial charge in [-0.15, -0.1) is 0 Å². The second-order valence-electron chi connectivity index (χ2n) is 7.10. The fraction of sp³-hybridized carbons (Fsp3) is 0.938. The summed E-state index contributed by atoms with van der Waals surface area (Å²) in [6.45, 7) is 5.77. The summed E-state index contributed by atoms with van der Waals surface area (Å²) in [6.07, 6.45) is 11.2. The number of nitrogens with zero attached hydrogens (tertiary/aromatic N) is 1. The number of hydrogen-bond donors (Lipinski definition) is 0. The van der Waals surface area contributed by atoms with Crippen LogP contribution in [0.1, 0.15) is 65.2 Å².